The molecule has 0 saturated carbocycles. The van der Waals surface area contributed by atoms with Crippen molar-refractivity contribution in [3.05, 3.63) is 45.9 Å². The van der Waals surface area contributed by atoms with Crippen molar-refractivity contribution >= 4 is 27.6 Å². The van der Waals surface area contributed by atoms with Crippen molar-refractivity contribution in [2.75, 3.05) is 16.2 Å². The van der Waals surface area contributed by atoms with Gasteiger partial charge in [-0.3, -0.25) is 10.00 Å². The van der Waals surface area contributed by atoms with Crippen molar-refractivity contribution in [3.8, 4) is 0 Å². The van der Waals surface area contributed by atoms with Crippen molar-refractivity contribution in [2.24, 2.45) is 7.05 Å². The van der Waals surface area contributed by atoms with E-state index in [-0.39, 0.29) is 5.69 Å². The van der Waals surface area contributed by atoms with Crippen LogP contribution in [0.1, 0.15) is 61.8 Å². The molecule has 2 aromatic rings. The Hall–Kier alpha value is -2.47. The van der Waals surface area contributed by atoms with Gasteiger partial charge in [0.15, 0.2) is 0 Å². The average molecular weight is 504 g/mol. The van der Waals surface area contributed by atoms with Crippen LogP contribution in [0.3, 0.4) is 0 Å². The van der Waals surface area contributed by atoms with Gasteiger partial charge < -0.3 is 9.94 Å². The van der Waals surface area contributed by atoms with E-state index in [9.17, 15) is 18.4 Å². The molecule has 2 aliphatic carbocycles. The molecule has 2 unspecified atom stereocenters. The zero-order valence-corrected chi connectivity index (χ0v) is 21.3. The smallest absolute Gasteiger partial charge is 0.436 e. The summed E-state index contributed by atoms with van der Waals surface area (Å²) in [6, 6.07) is 0.574. The number of carbonyl (C=O) groups excluding carboxylic acids is 1. The van der Waals surface area contributed by atoms with Gasteiger partial charge in [-0.2, -0.15) is 18.0 Å². The molecule has 3 aliphatic rings. The van der Waals surface area contributed by atoms with Crippen LogP contribution in [0.4, 0.5) is 16.2 Å². The number of fused-ring (bicyclic) bond motifs is 2. The molecule has 0 spiro atoms. The standard InChI is InChI=1S/C24H33N5O5S/c1-24(2)13-18(10-11-34-24)28(19-14-25-27(3)15-19)35(32,33)29(31)23(30)26-22-20-8-4-6-16(20)12-17-7-5-9-21(17)22/h12,14-15,18,29H,4-11,13H2,1-3H3,(H,26,30). The Kier molecular flexibility index (Phi) is 6.15. The van der Waals surface area contributed by atoms with Gasteiger partial charge in [-0.1, -0.05) is 6.07 Å². The Balaban J connectivity index is 1.47. The Morgan fingerprint density at radius 1 is 1.23 bits per heavy atom. The van der Waals surface area contributed by atoms with Crippen molar-refractivity contribution < 1.29 is 22.4 Å². The van der Waals surface area contributed by atoms with Crippen LogP contribution < -0.4 is 14.1 Å². The minimum atomic E-state index is -4.66. The lowest BCUT2D eigenvalue weighted by Crippen LogP contribution is -3.14. The number of hydrogen-bond acceptors (Lipinski definition) is 6. The zero-order valence-electron chi connectivity index (χ0n) is 20.5. The molecule has 1 aliphatic heterocycles. The molecular formula is C24H33N5O5S. The Morgan fingerprint density at radius 3 is 2.46 bits per heavy atom. The monoisotopic (exact) mass is 503 g/mol. The molecule has 0 radical (unpaired) electrons. The Labute approximate surface area is 206 Å². The molecule has 190 valence electrons. The zero-order chi connectivity index (χ0) is 25.0. The minimum absolute atomic E-state index is 0.262. The van der Waals surface area contributed by atoms with E-state index in [0.29, 0.717) is 25.1 Å². The molecule has 11 heteroatoms. The first-order valence-electron chi connectivity index (χ1n) is 12.3. The largest absolute Gasteiger partial charge is 0.608 e. The quantitative estimate of drug-likeness (QED) is 0.602. The van der Waals surface area contributed by atoms with Crippen LogP contribution in [0.25, 0.3) is 0 Å². The molecule has 1 saturated heterocycles. The number of hydroxylamine groups is 1. The van der Waals surface area contributed by atoms with E-state index in [1.807, 2.05) is 13.8 Å². The normalized spacial score (nSPS) is 21.9. The third-order valence-corrected chi connectivity index (χ3v) is 9.02. The highest BCUT2D eigenvalue weighted by atomic mass is 32.2. The summed E-state index contributed by atoms with van der Waals surface area (Å²) in [5.74, 6) is 0. The SMILES string of the molecule is Cn1cc(N(C2CCOC(C)(C)C2)S(=O)(=O)[NH+]([O-])C(=O)Nc2c3c(cc4c2CCC4)CCC3)cn1. The van der Waals surface area contributed by atoms with Gasteiger partial charge in [-0.15, -0.1) is 0 Å². The number of anilines is 2. The summed E-state index contributed by atoms with van der Waals surface area (Å²) in [6.07, 6.45) is 9.23. The summed E-state index contributed by atoms with van der Waals surface area (Å²) in [5.41, 5.74) is 4.82. The van der Waals surface area contributed by atoms with Gasteiger partial charge in [0.05, 0.1) is 29.2 Å². The molecule has 1 aromatic heterocycles. The van der Waals surface area contributed by atoms with Gasteiger partial charge in [0.1, 0.15) is 0 Å². The number of rotatable bonds is 5. The Bertz CT molecular complexity index is 1220. The number of aromatic nitrogens is 2. The number of ether oxygens (including phenoxy) is 1. The second kappa shape index (κ2) is 8.88. The molecule has 5 rings (SSSR count). The molecule has 0 bridgehead atoms. The topological polar surface area (TPSA) is 121 Å². The first kappa shape index (κ1) is 24.2. The van der Waals surface area contributed by atoms with Crippen LogP contribution in [-0.4, -0.2) is 42.5 Å². The molecule has 1 fully saturated rings. The third-order valence-electron chi connectivity index (χ3n) is 7.34. The maximum absolute atomic E-state index is 13.7. The number of amides is 2. The van der Waals surface area contributed by atoms with Gasteiger partial charge in [0.2, 0.25) is 0 Å². The van der Waals surface area contributed by atoms with Crippen molar-refractivity contribution in [1.82, 2.24) is 9.78 Å². The van der Waals surface area contributed by atoms with Gasteiger partial charge in [0, 0.05) is 19.9 Å². The fraction of sp³-hybridized carbons (Fsp3) is 0.583. The number of hydrogen-bond donors (Lipinski definition) is 2. The lowest BCUT2D eigenvalue weighted by atomic mass is 9.94. The molecule has 2 N–H and O–H groups in total. The van der Waals surface area contributed by atoms with Crippen LogP contribution >= 0.6 is 0 Å². The van der Waals surface area contributed by atoms with Gasteiger partial charge in [-0.25, -0.2) is 9.10 Å². The summed E-state index contributed by atoms with van der Waals surface area (Å²) < 4.78 is 34.2. The lowest BCUT2D eigenvalue weighted by Gasteiger charge is -2.41. The number of benzene rings is 1. The summed E-state index contributed by atoms with van der Waals surface area (Å²) in [5, 5.41) is 20.1. The predicted octanol–water partition coefficient (Wildman–Crippen LogP) is 2.02. The van der Waals surface area contributed by atoms with Crippen LogP contribution in [-0.2, 0) is 47.7 Å². The molecule has 35 heavy (non-hydrogen) atoms. The molecule has 1 aromatic carbocycles. The number of quaternary nitrogens is 1. The third kappa shape index (κ3) is 4.46. The molecule has 2 heterocycles. The van der Waals surface area contributed by atoms with Crippen LogP contribution in [0.15, 0.2) is 18.5 Å². The summed E-state index contributed by atoms with van der Waals surface area (Å²) in [6.45, 7) is 4.13. The number of urea groups is 1. The second-order valence-corrected chi connectivity index (χ2v) is 12.1. The van der Waals surface area contributed by atoms with E-state index in [1.54, 1.807) is 13.2 Å². The highest BCUT2D eigenvalue weighted by Crippen LogP contribution is 2.38. The Morgan fingerprint density at radius 2 is 1.89 bits per heavy atom. The van der Waals surface area contributed by atoms with Crippen molar-refractivity contribution in [3.63, 3.8) is 0 Å². The predicted molar refractivity (Wildman–Crippen MR) is 132 cm³/mol. The highest BCUT2D eigenvalue weighted by Gasteiger charge is 2.43. The number of carbonyl (C=O) groups is 1. The fourth-order valence-corrected chi connectivity index (χ4v) is 7.21. The minimum Gasteiger partial charge on any atom is -0.608 e. The maximum Gasteiger partial charge on any atom is 0.436 e. The van der Waals surface area contributed by atoms with Crippen LogP contribution in [0, 0.1) is 5.21 Å². The van der Waals surface area contributed by atoms with Crippen LogP contribution in [0.5, 0.6) is 0 Å². The number of nitrogens with zero attached hydrogens (tertiary/aromatic N) is 3. The van der Waals surface area contributed by atoms with Gasteiger partial charge in [0.25, 0.3) is 0 Å². The van der Waals surface area contributed by atoms with E-state index < -0.39 is 32.4 Å². The first-order valence-corrected chi connectivity index (χ1v) is 13.7. The number of aryl methyl sites for hydroxylation is 3. The highest BCUT2D eigenvalue weighted by molar-refractivity contribution is 7.86. The molecular weight excluding hydrogens is 470 g/mol. The van der Waals surface area contributed by atoms with E-state index in [2.05, 4.69) is 16.5 Å². The van der Waals surface area contributed by atoms with Gasteiger partial charge in [-0.05, 0) is 87.5 Å². The second-order valence-electron chi connectivity index (χ2n) is 10.4. The van der Waals surface area contributed by atoms with E-state index in [4.69, 9.17) is 4.74 Å². The summed E-state index contributed by atoms with van der Waals surface area (Å²) in [7, 11) is -2.99. The number of nitrogens with one attached hydrogen (secondary N) is 2. The molecule has 10 nitrogen and oxygen atoms in total. The van der Waals surface area contributed by atoms with Crippen molar-refractivity contribution in [2.45, 2.75) is 76.9 Å². The molecule has 2 amide bonds. The van der Waals surface area contributed by atoms with E-state index in [0.717, 1.165) is 54.0 Å². The summed E-state index contributed by atoms with van der Waals surface area (Å²) in [4.78, 5) is 13.2. The lowest BCUT2D eigenvalue weighted by molar-refractivity contribution is -0.604. The van der Waals surface area contributed by atoms with Gasteiger partial charge >= 0.3 is 16.2 Å². The maximum atomic E-state index is 13.7. The molecule has 2 atom stereocenters. The first-order chi connectivity index (χ1) is 16.6. The summed E-state index contributed by atoms with van der Waals surface area (Å²) >= 11 is 0. The van der Waals surface area contributed by atoms with E-state index in [1.165, 1.54) is 22.0 Å². The average Bonchev–Trinajstić information content (AvgIpc) is 3.53. The van der Waals surface area contributed by atoms with Crippen molar-refractivity contribution in [1.29, 1.82) is 0 Å². The van der Waals surface area contributed by atoms with Crippen LogP contribution in [0.2, 0.25) is 0 Å². The fourth-order valence-electron chi connectivity index (χ4n) is 5.81. The van der Waals surface area contributed by atoms with E-state index >= 15 is 0 Å².